The molecule has 0 aliphatic rings. The highest BCUT2D eigenvalue weighted by molar-refractivity contribution is 7.89. The molecule has 29 heavy (non-hydrogen) atoms. The number of ether oxygens (including phenoxy) is 1. The smallest absolute Gasteiger partial charge is 0.258 e. The Labute approximate surface area is 170 Å². The van der Waals surface area contributed by atoms with Crippen LogP contribution in [-0.4, -0.2) is 50.8 Å². The molecule has 8 nitrogen and oxygen atoms in total. The van der Waals surface area contributed by atoms with E-state index in [0.29, 0.717) is 24.5 Å². The van der Waals surface area contributed by atoms with Crippen molar-refractivity contribution in [2.75, 3.05) is 31.6 Å². The zero-order chi connectivity index (χ0) is 21.3. The Bertz CT molecular complexity index is 911. The molecule has 0 bridgehead atoms. The van der Waals surface area contributed by atoms with Crippen molar-refractivity contribution in [1.29, 1.82) is 0 Å². The monoisotopic (exact) mass is 419 g/mol. The Morgan fingerprint density at radius 1 is 0.931 bits per heavy atom. The van der Waals surface area contributed by atoms with Crippen LogP contribution >= 0.6 is 0 Å². The van der Waals surface area contributed by atoms with Gasteiger partial charge in [-0.2, -0.15) is 4.31 Å². The molecular weight excluding hydrogens is 394 g/mol. The van der Waals surface area contributed by atoms with Crippen molar-refractivity contribution in [1.82, 2.24) is 9.62 Å². The highest BCUT2D eigenvalue weighted by atomic mass is 32.2. The first-order valence-corrected chi connectivity index (χ1v) is 10.7. The zero-order valence-corrected chi connectivity index (χ0v) is 17.2. The Morgan fingerprint density at radius 3 is 2.14 bits per heavy atom. The summed E-state index contributed by atoms with van der Waals surface area (Å²) in [5.41, 5.74) is 0.434. The molecule has 2 N–H and O–H groups in total. The third-order valence-electron chi connectivity index (χ3n) is 4.04. The number of para-hydroxylation sites is 1. The van der Waals surface area contributed by atoms with E-state index in [1.54, 1.807) is 38.1 Å². The van der Waals surface area contributed by atoms with Gasteiger partial charge < -0.3 is 15.4 Å². The molecule has 0 radical (unpaired) electrons. The molecule has 0 aliphatic carbocycles. The lowest BCUT2D eigenvalue weighted by Gasteiger charge is -2.18. The molecule has 0 heterocycles. The van der Waals surface area contributed by atoms with E-state index in [2.05, 4.69) is 10.6 Å². The van der Waals surface area contributed by atoms with Crippen molar-refractivity contribution in [3.63, 3.8) is 0 Å². The molecule has 0 fully saturated rings. The molecule has 0 saturated carbocycles. The number of nitrogens with one attached hydrogen (secondary N) is 2. The topological polar surface area (TPSA) is 105 Å². The molecular formula is C20H25N3O5S. The van der Waals surface area contributed by atoms with Gasteiger partial charge in [-0.05, 0) is 36.4 Å². The van der Waals surface area contributed by atoms with Gasteiger partial charge in [-0.15, -0.1) is 0 Å². The van der Waals surface area contributed by atoms with Crippen molar-refractivity contribution in [2.24, 2.45) is 0 Å². The Kier molecular flexibility index (Phi) is 8.17. The molecule has 0 unspecified atom stereocenters. The highest BCUT2D eigenvalue weighted by Gasteiger charge is 2.21. The average Bonchev–Trinajstić information content (AvgIpc) is 2.72. The van der Waals surface area contributed by atoms with Gasteiger partial charge in [-0.1, -0.05) is 32.0 Å². The van der Waals surface area contributed by atoms with Crippen LogP contribution in [0.5, 0.6) is 5.75 Å². The van der Waals surface area contributed by atoms with Gasteiger partial charge in [0.2, 0.25) is 15.9 Å². The number of carbonyl (C=O) groups excluding carboxylic acids is 2. The van der Waals surface area contributed by atoms with Crippen LogP contribution in [-0.2, 0) is 19.6 Å². The van der Waals surface area contributed by atoms with Crippen molar-refractivity contribution in [3.8, 4) is 5.75 Å². The summed E-state index contributed by atoms with van der Waals surface area (Å²) in [6.07, 6.45) is 0. The van der Waals surface area contributed by atoms with Crippen molar-refractivity contribution in [3.05, 3.63) is 54.6 Å². The minimum atomic E-state index is -3.55. The fraction of sp³-hybridized carbons (Fsp3) is 0.300. The number of rotatable bonds is 10. The zero-order valence-electron chi connectivity index (χ0n) is 16.4. The number of benzene rings is 2. The van der Waals surface area contributed by atoms with Crippen molar-refractivity contribution in [2.45, 2.75) is 18.7 Å². The van der Waals surface area contributed by atoms with Crippen LogP contribution in [0.1, 0.15) is 13.8 Å². The van der Waals surface area contributed by atoms with Crippen molar-refractivity contribution >= 4 is 27.5 Å². The lowest BCUT2D eigenvalue weighted by Crippen LogP contribution is -2.35. The summed E-state index contributed by atoms with van der Waals surface area (Å²) in [7, 11) is -3.55. The second-order valence-corrected chi connectivity index (χ2v) is 7.98. The van der Waals surface area contributed by atoms with Crippen LogP contribution in [0.25, 0.3) is 0 Å². The van der Waals surface area contributed by atoms with E-state index in [1.807, 2.05) is 6.07 Å². The van der Waals surface area contributed by atoms with E-state index in [1.165, 1.54) is 28.6 Å². The maximum absolute atomic E-state index is 12.4. The predicted molar refractivity (Wildman–Crippen MR) is 110 cm³/mol. The first kappa shape index (κ1) is 22.4. The summed E-state index contributed by atoms with van der Waals surface area (Å²) < 4.78 is 31.5. The van der Waals surface area contributed by atoms with E-state index in [4.69, 9.17) is 4.74 Å². The van der Waals surface area contributed by atoms with Crippen LogP contribution < -0.4 is 15.4 Å². The minimum Gasteiger partial charge on any atom is -0.484 e. The fourth-order valence-electron chi connectivity index (χ4n) is 2.52. The van der Waals surface area contributed by atoms with Gasteiger partial charge in [0.15, 0.2) is 6.61 Å². The third-order valence-corrected chi connectivity index (χ3v) is 6.10. The van der Waals surface area contributed by atoms with Gasteiger partial charge in [0.1, 0.15) is 5.75 Å². The molecule has 2 aromatic carbocycles. The summed E-state index contributed by atoms with van der Waals surface area (Å²) in [4.78, 5) is 23.9. The van der Waals surface area contributed by atoms with Gasteiger partial charge in [0.25, 0.3) is 5.91 Å². The van der Waals surface area contributed by atoms with Crippen LogP contribution in [0.15, 0.2) is 59.5 Å². The number of anilines is 1. The number of hydrogen-bond acceptors (Lipinski definition) is 5. The summed E-state index contributed by atoms with van der Waals surface area (Å²) in [6, 6.07) is 14.8. The summed E-state index contributed by atoms with van der Waals surface area (Å²) in [5, 5.41) is 5.06. The number of nitrogens with zero attached hydrogens (tertiary/aromatic N) is 1. The van der Waals surface area contributed by atoms with Crippen LogP contribution in [0.4, 0.5) is 5.69 Å². The molecule has 156 valence electrons. The predicted octanol–water partition coefficient (Wildman–Crippen LogP) is 1.85. The van der Waals surface area contributed by atoms with Gasteiger partial charge in [-0.25, -0.2) is 8.42 Å². The summed E-state index contributed by atoms with van der Waals surface area (Å²) in [6.45, 7) is 3.88. The van der Waals surface area contributed by atoms with E-state index in [9.17, 15) is 18.0 Å². The summed E-state index contributed by atoms with van der Waals surface area (Å²) >= 11 is 0. The molecule has 0 saturated heterocycles. The molecule has 0 atom stereocenters. The lowest BCUT2D eigenvalue weighted by molar-refractivity contribution is -0.125. The highest BCUT2D eigenvalue weighted by Crippen LogP contribution is 2.18. The number of sulfonamides is 1. The number of amides is 2. The SMILES string of the molecule is CCN(CC)S(=O)(=O)c1ccc(NC(=O)CNC(=O)COc2ccccc2)cc1. The molecule has 0 spiro atoms. The Hall–Kier alpha value is -2.91. The van der Waals surface area contributed by atoms with E-state index >= 15 is 0 Å². The second-order valence-electron chi connectivity index (χ2n) is 6.04. The standard InChI is InChI=1S/C20H25N3O5S/c1-3-23(4-2)29(26,27)18-12-10-16(11-13-18)22-19(24)14-21-20(25)15-28-17-8-6-5-7-9-17/h5-13H,3-4,14-15H2,1-2H3,(H,21,25)(H,22,24). The maximum Gasteiger partial charge on any atom is 0.258 e. The van der Waals surface area contributed by atoms with Gasteiger partial charge in [-0.3, -0.25) is 9.59 Å². The van der Waals surface area contributed by atoms with Crippen molar-refractivity contribution < 1.29 is 22.7 Å². The maximum atomic E-state index is 12.4. The Morgan fingerprint density at radius 2 is 1.55 bits per heavy atom. The van der Waals surface area contributed by atoms with E-state index in [0.717, 1.165) is 0 Å². The van der Waals surface area contributed by atoms with Gasteiger partial charge in [0, 0.05) is 18.8 Å². The minimum absolute atomic E-state index is 0.158. The summed E-state index contributed by atoms with van der Waals surface area (Å²) in [5.74, 6) is -0.297. The normalized spacial score (nSPS) is 11.1. The molecule has 2 amide bonds. The number of hydrogen-bond donors (Lipinski definition) is 2. The quantitative estimate of drug-likeness (QED) is 0.612. The van der Waals surface area contributed by atoms with Gasteiger partial charge in [0.05, 0.1) is 11.4 Å². The molecule has 0 aliphatic heterocycles. The van der Waals surface area contributed by atoms with Gasteiger partial charge >= 0.3 is 0 Å². The molecule has 0 aromatic heterocycles. The van der Waals surface area contributed by atoms with Crippen LogP contribution in [0.2, 0.25) is 0 Å². The Balaban J connectivity index is 1.82. The van der Waals surface area contributed by atoms with Crippen LogP contribution in [0, 0.1) is 0 Å². The number of carbonyl (C=O) groups is 2. The fourth-order valence-corrected chi connectivity index (χ4v) is 3.98. The lowest BCUT2D eigenvalue weighted by atomic mass is 10.3. The third kappa shape index (κ3) is 6.58. The second kappa shape index (κ2) is 10.6. The molecule has 2 aromatic rings. The average molecular weight is 420 g/mol. The largest absolute Gasteiger partial charge is 0.484 e. The molecule has 9 heteroatoms. The first-order valence-electron chi connectivity index (χ1n) is 9.21. The molecule has 2 rings (SSSR count). The first-order chi connectivity index (χ1) is 13.9. The van der Waals surface area contributed by atoms with E-state index < -0.39 is 21.8 Å². The van der Waals surface area contributed by atoms with Crippen LogP contribution in [0.3, 0.4) is 0 Å². The van der Waals surface area contributed by atoms with E-state index in [-0.39, 0.29) is 18.0 Å².